The van der Waals surface area contributed by atoms with Gasteiger partial charge < -0.3 is 14.8 Å². The Hall–Kier alpha value is -3.06. The van der Waals surface area contributed by atoms with Crippen LogP contribution < -0.4 is 20.1 Å². The monoisotopic (exact) mass is 355 g/mol. The summed E-state index contributed by atoms with van der Waals surface area (Å²) in [7, 11) is 3.31. The molecule has 0 aliphatic carbocycles. The second-order valence-electron chi connectivity index (χ2n) is 5.98. The summed E-state index contributed by atoms with van der Waals surface area (Å²) in [5, 5.41) is 4.76. The summed E-state index contributed by atoms with van der Waals surface area (Å²) in [6.45, 7) is 0.715. The van der Waals surface area contributed by atoms with E-state index in [-0.39, 0.29) is 6.79 Å². The number of fused-ring (bicyclic) bond motifs is 1. The van der Waals surface area contributed by atoms with Gasteiger partial charge in [0.05, 0.1) is 0 Å². The van der Waals surface area contributed by atoms with Crippen LogP contribution in [0.15, 0.2) is 48.5 Å². The van der Waals surface area contributed by atoms with E-state index in [2.05, 4.69) is 10.6 Å². The number of likely N-dealkylation sites (N-methyl/N-ethyl adjacent to an activating group) is 1. The molecule has 1 aliphatic heterocycles. The summed E-state index contributed by atoms with van der Waals surface area (Å²) < 4.78 is 10.7. The summed E-state index contributed by atoms with van der Waals surface area (Å²) in [4.78, 5) is 26.1. The minimum atomic E-state index is -0.612. The minimum absolute atomic E-state index is 0.218. The zero-order valence-electron chi connectivity index (χ0n) is 14.7. The molecule has 136 valence electrons. The molecule has 3 rings (SSSR count). The highest BCUT2D eigenvalue weighted by atomic mass is 16.7. The van der Waals surface area contributed by atoms with E-state index in [4.69, 9.17) is 9.47 Å². The number of nitrogens with one attached hydrogen (secondary N) is 2. The van der Waals surface area contributed by atoms with Gasteiger partial charge in [-0.1, -0.05) is 36.4 Å². The average molecular weight is 355 g/mol. The number of benzene rings is 2. The van der Waals surface area contributed by atoms with Crippen molar-refractivity contribution in [2.45, 2.75) is 12.6 Å². The average Bonchev–Trinajstić information content (AvgIpc) is 3.10. The van der Waals surface area contributed by atoms with E-state index < -0.39 is 18.0 Å². The van der Waals surface area contributed by atoms with Crippen molar-refractivity contribution >= 4 is 11.9 Å². The van der Waals surface area contributed by atoms with E-state index in [1.54, 1.807) is 0 Å². The topological polar surface area (TPSA) is 79.9 Å². The fourth-order valence-electron chi connectivity index (χ4n) is 2.90. The standard InChI is InChI=1S/C19H21N3O4/c1-20-19(24)21-18(23)17(14-6-4-3-5-7-14)22(2)11-13-8-9-15-16(10-13)26-12-25-15/h3-10,17H,11-12H2,1-2H3,(H2,20,21,23,24). The molecule has 1 heterocycles. The summed E-state index contributed by atoms with van der Waals surface area (Å²) in [5.41, 5.74) is 1.78. The molecule has 2 aromatic rings. The predicted molar refractivity (Wildman–Crippen MR) is 95.8 cm³/mol. The maximum atomic E-state index is 12.7. The normalized spacial score (nSPS) is 13.3. The van der Waals surface area contributed by atoms with Crippen molar-refractivity contribution in [2.75, 3.05) is 20.9 Å². The van der Waals surface area contributed by atoms with Crippen LogP contribution in [0.1, 0.15) is 17.2 Å². The molecule has 0 fully saturated rings. The molecule has 2 N–H and O–H groups in total. The Kier molecular flexibility index (Phi) is 5.38. The zero-order chi connectivity index (χ0) is 18.5. The summed E-state index contributed by atoms with van der Waals surface area (Å²) in [6.07, 6.45) is 0. The van der Waals surface area contributed by atoms with Crippen LogP contribution in [0, 0.1) is 0 Å². The van der Waals surface area contributed by atoms with E-state index >= 15 is 0 Å². The Morgan fingerprint density at radius 3 is 2.58 bits per heavy atom. The van der Waals surface area contributed by atoms with Gasteiger partial charge in [-0.25, -0.2) is 4.79 Å². The molecule has 0 saturated carbocycles. The minimum Gasteiger partial charge on any atom is -0.454 e. The first kappa shape index (κ1) is 17.8. The lowest BCUT2D eigenvalue weighted by molar-refractivity contribution is -0.125. The number of nitrogens with zero attached hydrogens (tertiary/aromatic N) is 1. The van der Waals surface area contributed by atoms with Gasteiger partial charge in [0.15, 0.2) is 11.5 Å². The molecule has 0 radical (unpaired) electrons. The van der Waals surface area contributed by atoms with E-state index in [1.807, 2.05) is 60.5 Å². The Morgan fingerprint density at radius 1 is 1.12 bits per heavy atom. The number of urea groups is 1. The molecule has 0 spiro atoms. The summed E-state index contributed by atoms with van der Waals surface area (Å²) in [6, 6.07) is 13.9. The largest absolute Gasteiger partial charge is 0.454 e. The van der Waals surface area contributed by atoms with Gasteiger partial charge in [0, 0.05) is 13.6 Å². The highest BCUT2D eigenvalue weighted by Crippen LogP contribution is 2.33. The molecule has 7 nitrogen and oxygen atoms in total. The van der Waals surface area contributed by atoms with E-state index in [1.165, 1.54) is 7.05 Å². The molecule has 0 aromatic heterocycles. The Balaban J connectivity index is 1.81. The Morgan fingerprint density at radius 2 is 1.85 bits per heavy atom. The highest BCUT2D eigenvalue weighted by Gasteiger charge is 2.27. The van der Waals surface area contributed by atoms with Crippen molar-refractivity contribution in [1.82, 2.24) is 15.5 Å². The Labute approximate surface area is 151 Å². The molecular weight excluding hydrogens is 334 g/mol. The van der Waals surface area contributed by atoms with E-state index in [9.17, 15) is 9.59 Å². The lowest BCUT2D eigenvalue weighted by Crippen LogP contribution is -2.44. The molecule has 0 bridgehead atoms. The first-order valence-electron chi connectivity index (χ1n) is 8.25. The first-order valence-corrected chi connectivity index (χ1v) is 8.25. The van der Waals surface area contributed by atoms with Crippen LogP contribution >= 0.6 is 0 Å². The SMILES string of the molecule is CNC(=O)NC(=O)C(c1ccccc1)N(C)Cc1ccc2c(c1)OCO2. The molecule has 1 aliphatic rings. The second-order valence-corrected chi connectivity index (χ2v) is 5.98. The maximum Gasteiger partial charge on any atom is 0.321 e. The van der Waals surface area contributed by atoms with Gasteiger partial charge in [0.1, 0.15) is 6.04 Å². The molecule has 7 heteroatoms. The number of carbonyl (C=O) groups is 2. The van der Waals surface area contributed by atoms with E-state index in [0.717, 1.165) is 11.1 Å². The van der Waals surface area contributed by atoms with Crippen molar-refractivity contribution in [3.8, 4) is 11.5 Å². The number of imide groups is 1. The lowest BCUT2D eigenvalue weighted by Gasteiger charge is -2.27. The summed E-state index contributed by atoms with van der Waals surface area (Å²) >= 11 is 0. The first-order chi connectivity index (χ1) is 12.6. The van der Waals surface area contributed by atoms with Gasteiger partial charge >= 0.3 is 6.03 Å². The van der Waals surface area contributed by atoms with Crippen LogP contribution in [0.4, 0.5) is 4.79 Å². The van der Waals surface area contributed by atoms with Crippen molar-refractivity contribution in [2.24, 2.45) is 0 Å². The van der Waals surface area contributed by atoms with Crippen molar-refractivity contribution in [3.05, 3.63) is 59.7 Å². The number of rotatable bonds is 5. The number of carbonyl (C=O) groups excluding carboxylic acids is 2. The molecule has 2 aromatic carbocycles. The maximum absolute atomic E-state index is 12.7. The zero-order valence-corrected chi connectivity index (χ0v) is 14.7. The van der Waals surface area contributed by atoms with Crippen LogP contribution in [-0.2, 0) is 11.3 Å². The third-order valence-electron chi connectivity index (χ3n) is 4.14. The molecular formula is C19H21N3O4. The highest BCUT2D eigenvalue weighted by molar-refractivity contribution is 5.97. The van der Waals surface area contributed by atoms with Crippen LogP contribution in [0.3, 0.4) is 0 Å². The molecule has 3 amide bonds. The fourth-order valence-corrected chi connectivity index (χ4v) is 2.90. The van der Waals surface area contributed by atoms with E-state index in [0.29, 0.717) is 18.0 Å². The van der Waals surface area contributed by atoms with Crippen molar-refractivity contribution in [1.29, 1.82) is 0 Å². The van der Waals surface area contributed by atoms with Gasteiger partial charge in [-0.15, -0.1) is 0 Å². The molecule has 0 saturated heterocycles. The second kappa shape index (κ2) is 7.88. The number of hydrogen-bond acceptors (Lipinski definition) is 5. The number of amides is 3. The van der Waals surface area contributed by atoms with Gasteiger partial charge in [-0.3, -0.25) is 15.0 Å². The molecule has 1 atom stereocenters. The van der Waals surface area contributed by atoms with Gasteiger partial charge in [0.2, 0.25) is 12.7 Å². The third-order valence-corrected chi connectivity index (χ3v) is 4.14. The molecule has 26 heavy (non-hydrogen) atoms. The smallest absolute Gasteiger partial charge is 0.321 e. The third kappa shape index (κ3) is 3.94. The fraction of sp³-hybridized carbons (Fsp3) is 0.263. The van der Waals surface area contributed by atoms with Crippen LogP contribution in [0.5, 0.6) is 11.5 Å². The van der Waals surface area contributed by atoms with Crippen LogP contribution in [0.2, 0.25) is 0 Å². The Bertz CT molecular complexity index is 795. The van der Waals surface area contributed by atoms with Gasteiger partial charge in [-0.2, -0.15) is 0 Å². The van der Waals surface area contributed by atoms with Gasteiger partial charge in [0.25, 0.3) is 0 Å². The van der Waals surface area contributed by atoms with Gasteiger partial charge in [-0.05, 0) is 30.3 Å². The number of ether oxygens (including phenoxy) is 2. The van der Waals surface area contributed by atoms with Crippen molar-refractivity contribution < 1.29 is 19.1 Å². The quantitative estimate of drug-likeness (QED) is 0.858. The molecule has 1 unspecified atom stereocenters. The lowest BCUT2D eigenvalue weighted by atomic mass is 10.0. The van der Waals surface area contributed by atoms with Crippen LogP contribution in [-0.4, -0.2) is 37.7 Å². The predicted octanol–water partition coefficient (Wildman–Crippen LogP) is 2.04. The van der Waals surface area contributed by atoms with Crippen molar-refractivity contribution in [3.63, 3.8) is 0 Å². The number of hydrogen-bond donors (Lipinski definition) is 2. The van der Waals surface area contributed by atoms with Crippen LogP contribution in [0.25, 0.3) is 0 Å². The summed E-state index contributed by atoms with van der Waals surface area (Å²) in [5.74, 6) is 1.02.